The highest BCUT2D eigenvalue weighted by atomic mass is 32.2. The summed E-state index contributed by atoms with van der Waals surface area (Å²) in [7, 11) is -2.44. The summed E-state index contributed by atoms with van der Waals surface area (Å²) in [4.78, 5) is 10.9. The van der Waals surface area contributed by atoms with Gasteiger partial charge < -0.3 is 9.84 Å². The minimum atomic E-state index is -3.64. The summed E-state index contributed by atoms with van der Waals surface area (Å²) in [5.74, 6) is -0.949. The van der Waals surface area contributed by atoms with E-state index in [-0.39, 0.29) is 12.2 Å². The molecule has 0 radical (unpaired) electrons. The number of carbonyl (C=O) groups excluding carboxylic acids is 1. The van der Waals surface area contributed by atoms with Gasteiger partial charge in [0.1, 0.15) is 0 Å². The Morgan fingerprint density at radius 3 is 2.12 bits per heavy atom. The maximum atomic E-state index is 11.7. The van der Waals surface area contributed by atoms with Gasteiger partial charge >= 0.3 is 5.97 Å². The molecule has 0 aliphatic carbocycles. The zero-order valence-electron chi connectivity index (χ0n) is 10.9. The predicted octanol–water partition coefficient (Wildman–Crippen LogP) is 0.0184. The molecule has 0 saturated carbocycles. The van der Waals surface area contributed by atoms with Crippen molar-refractivity contribution in [2.75, 3.05) is 12.9 Å². The number of nitrogens with one attached hydrogen (secondary N) is 1. The largest absolute Gasteiger partial charge is 0.469 e. The summed E-state index contributed by atoms with van der Waals surface area (Å²) < 4.78 is 30.1. The first-order chi connectivity index (χ1) is 7.41. The Kier molecular flexibility index (Phi) is 5.12. The van der Waals surface area contributed by atoms with Crippen LogP contribution in [-0.2, 0) is 19.6 Å². The van der Waals surface area contributed by atoms with Crippen LogP contribution in [0.1, 0.15) is 34.1 Å². The molecule has 102 valence electrons. The van der Waals surface area contributed by atoms with E-state index in [4.69, 9.17) is 0 Å². The van der Waals surface area contributed by atoms with E-state index in [2.05, 4.69) is 9.46 Å². The first-order valence-electron chi connectivity index (χ1n) is 5.22. The minimum Gasteiger partial charge on any atom is -0.469 e. The molecule has 7 heteroatoms. The predicted molar refractivity (Wildman–Crippen MR) is 63.9 cm³/mol. The van der Waals surface area contributed by atoms with Crippen LogP contribution in [0.25, 0.3) is 0 Å². The number of hydrogen-bond acceptors (Lipinski definition) is 5. The van der Waals surface area contributed by atoms with Crippen LogP contribution in [-0.4, -0.2) is 43.5 Å². The minimum absolute atomic E-state index is 0.215. The molecule has 2 N–H and O–H groups in total. The second-order valence-electron chi connectivity index (χ2n) is 4.93. The first-order valence-corrected chi connectivity index (χ1v) is 6.87. The fraction of sp³-hybridized carbons (Fsp3) is 0.900. The molecule has 0 heterocycles. The SMILES string of the molecule is COC(=O)CCS(=O)(=O)NC(C)(C)C(C)(C)O. The average molecular weight is 267 g/mol. The highest BCUT2D eigenvalue weighted by Gasteiger charge is 2.38. The topological polar surface area (TPSA) is 92.7 Å². The number of methoxy groups -OCH3 is 1. The lowest BCUT2D eigenvalue weighted by atomic mass is 9.87. The number of rotatable bonds is 6. The maximum Gasteiger partial charge on any atom is 0.306 e. The quantitative estimate of drug-likeness (QED) is 0.662. The molecule has 6 nitrogen and oxygen atoms in total. The second-order valence-corrected chi connectivity index (χ2v) is 6.77. The molecule has 0 fully saturated rings. The number of esters is 1. The van der Waals surface area contributed by atoms with Crippen LogP contribution < -0.4 is 4.72 Å². The van der Waals surface area contributed by atoms with Crippen molar-refractivity contribution in [3.05, 3.63) is 0 Å². The number of sulfonamides is 1. The van der Waals surface area contributed by atoms with Gasteiger partial charge in [0, 0.05) is 0 Å². The molecule has 0 aliphatic heterocycles. The lowest BCUT2D eigenvalue weighted by Crippen LogP contribution is -2.58. The fourth-order valence-corrected chi connectivity index (χ4v) is 2.45. The van der Waals surface area contributed by atoms with E-state index in [1.54, 1.807) is 13.8 Å². The van der Waals surface area contributed by atoms with Crippen molar-refractivity contribution < 1.29 is 23.1 Å². The van der Waals surface area contributed by atoms with Crippen LogP contribution in [0.15, 0.2) is 0 Å². The Morgan fingerprint density at radius 1 is 1.29 bits per heavy atom. The Labute approximate surface area is 102 Å². The first kappa shape index (κ1) is 16.3. The number of aliphatic hydroxyl groups is 1. The van der Waals surface area contributed by atoms with Crippen molar-refractivity contribution in [3.8, 4) is 0 Å². The molecule has 17 heavy (non-hydrogen) atoms. The van der Waals surface area contributed by atoms with Crippen LogP contribution in [0.4, 0.5) is 0 Å². The molecule has 0 saturated heterocycles. The monoisotopic (exact) mass is 267 g/mol. The number of hydrogen-bond donors (Lipinski definition) is 2. The maximum absolute atomic E-state index is 11.7. The van der Waals surface area contributed by atoms with Crippen LogP contribution in [0, 0.1) is 0 Å². The summed E-state index contributed by atoms with van der Waals surface area (Å²) in [6.45, 7) is 6.16. The summed E-state index contributed by atoms with van der Waals surface area (Å²) in [5, 5.41) is 9.81. The van der Waals surface area contributed by atoms with Crippen LogP contribution in [0.3, 0.4) is 0 Å². The van der Waals surface area contributed by atoms with E-state index in [0.717, 1.165) is 0 Å². The molecule has 0 rings (SSSR count). The van der Waals surface area contributed by atoms with E-state index in [1.807, 2.05) is 0 Å². The van der Waals surface area contributed by atoms with Gasteiger partial charge in [-0.15, -0.1) is 0 Å². The molecule has 0 aromatic heterocycles. The van der Waals surface area contributed by atoms with E-state index >= 15 is 0 Å². The molecule has 0 amide bonds. The van der Waals surface area contributed by atoms with Crippen LogP contribution in [0.2, 0.25) is 0 Å². The Morgan fingerprint density at radius 2 is 1.76 bits per heavy atom. The molecule has 0 bridgehead atoms. The zero-order valence-corrected chi connectivity index (χ0v) is 11.7. The Balaban J connectivity index is 4.62. The van der Waals surface area contributed by atoms with E-state index in [9.17, 15) is 18.3 Å². The molecule has 0 aliphatic rings. The van der Waals surface area contributed by atoms with Crippen molar-refractivity contribution in [2.24, 2.45) is 0 Å². The molecular weight excluding hydrogens is 246 g/mol. The third-order valence-corrected chi connectivity index (χ3v) is 4.31. The molecule has 0 aromatic rings. The molecule has 0 spiro atoms. The number of carbonyl (C=O) groups is 1. The average Bonchev–Trinajstić information content (AvgIpc) is 2.10. The van der Waals surface area contributed by atoms with Gasteiger partial charge in [-0.1, -0.05) is 0 Å². The summed E-state index contributed by atoms with van der Waals surface area (Å²) >= 11 is 0. The zero-order chi connectivity index (χ0) is 13.9. The Hall–Kier alpha value is -0.660. The van der Waals surface area contributed by atoms with Gasteiger partial charge in [0.25, 0.3) is 0 Å². The standard InChI is InChI=1S/C10H21NO5S/c1-9(2,10(3,4)13)11-17(14,15)7-6-8(12)16-5/h11,13H,6-7H2,1-5H3. The van der Waals surface area contributed by atoms with Gasteiger partial charge in [-0.05, 0) is 27.7 Å². The lowest BCUT2D eigenvalue weighted by molar-refractivity contribution is -0.140. The van der Waals surface area contributed by atoms with Gasteiger partial charge in [-0.3, -0.25) is 4.79 Å². The highest BCUT2D eigenvalue weighted by Crippen LogP contribution is 2.21. The van der Waals surface area contributed by atoms with Gasteiger partial charge in [-0.2, -0.15) is 0 Å². The summed E-state index contributed by atoms with van der Waals surface area (Å²) in [6, 6.07) is 0. The van der Waals surface area contributed by atoms with Gasteiger partial charge in [-0.25, -0.2) is 13.1 Å². The third-order valence-electron chi connectivity index (χ3n) is 2.74. The van der Waals surface area contributed by atoms with Crippen molar-refractivity contribution in [2.45, 2.75) is 45.3 Å². The van der Waals surface area contributed by atoms with Crippen molar-refractivity contribution in [3.63, 3.8) is 0 Å². The summed E-state index contributed by atoms with van der Waals surface area (Å²) in [6.07, 6.45) is -0.215. The molecule has 0 unspecified atom stereocenters. The van der Waals surface area contributed by atoms with E-state index in [0.29, 0.717) is 0 Å². The molecular formula is C10H21NO5S. The van der Waals surface area contributed by atoms with Crippen LogP contribution in [0.5, 0.6) is 0 Å². The third kappa shape index (κ3) is 5.47. The Bertz CT molecular complexity index is 367. The normalized spacial score (nSPS) is 13.5. The second kappa shape index (κ2) is 5.32. The van der Waals surface area contributed by atoms with Gasteiger partial charge in [0.2, 0.25) is 10.0 Å². The lowest BCUT2D eigenvalue weighted by Gasteiger charge is -2.37. The highest BCUT2D eigenvalue weighted by molar-refractivity contribution is 7.89. The number of ether oxygens (including phenoxy) is 1. The molecule has 0 atom stereocenters. The van der Waals surface area contributed by atoms with Crippen LogP contribution >= 0.6 is 0 Å². The smallest absolute Gasteiger partial charge is 0.306 e. The van der Waals surface area contributed by atoms with Crippen molar-refractivity contribution in [1.29, 1.82) is 0 Å². The van der Waals surface area contributed by atoms with Crippen molar-refractivity contribution >= 4 is 16.0 Å². The van der Waals surface area contributed by atoms with Gasteiger partial charge in [0.15, 0.2) is 0 Å². The fourth-order valence-electron chi connectivity index (χ4n) is 0.884. The summed E-state index contributed by atoms with van der Waals surface area (Å²) in [5.41, 5.74) is -2.24. The molecule has 0 aromatic carbocycles. The van der Waals surface area contributed by atoms with Gasteiger partial charge in [0.05, 0.1) is 30.4 Å². The van der Waals surface area contributed by atoms with E-state index < -0.39 is 27.1 Å². The van der Waals surface area contributed by atoms with E-state index in [1.165, 1.54) is 21.0 Å². The van der Waals surface area contributed by atoms with Crippen molar-refractivity contribution in [1.82, 2.24) is 4.72 Å².